The molecule has 188 valence electrons. The Hall–Kier alpha value is -4.31. The van der Waals surface area contributed by atoms with Gasteiger partial charge in [0.25, 0.3) is 11.8 Å². The fourth-order valence-corrected chi connectivity index (χ4v) is 4.09. The van der Waals surface area contributed by atoms with E-state index in [-0.39, 0.29) is 18.3 Å². The third kappa shape index (κ3) is 5.44. The summed E-state index contributed by atoms with van der Waals surface area (Å²) in [5.41, 5.74) is 8.97. The van der Waals surface area contributed by atoms with Crippen molar-refractivity contribution < 1.29 is 22.8 Å². The van der Waals surface area contributed by atoms with Gasteiger partial charge in [-0.05, 0) is 59.2 Å². The zero-order chi connectivity index (χ0) is 26.2. The summed E-state index contributed by atoms with van der Waals surface area (Å²) >= 11 is 6.41. The Balaban J connectivity index is 1.25. The molecule has 1 saturated heterocycles. The van der Waals surface area contributed by atoms with E-state index in [1.54, 1.807) is 60.8 Å². The number of nitrogen functional groups attached to an aromatic ring is 1. The normalized spacial score (nSPS) is 14.6. The standard InChI is InChI=1S/C26H20ClF2N5O3/c27-19-9-18(16-3-5-17(6-4-16)25(36)34-13-26(28,29)14-34)10-20-24(19)37-23(33-20)12-32-22(35)8-2-15-1-7-21(30)31-11-15/h1-11H,12-14H2,(H2,30,31)(H,32,35). The summed E-state index contributed by atoms with van der Waals surface area (Å²) in [5.74, 6) is -2.93. The van der Waals surface area contributed by atoms with Crippen LogP contribution in [0.3, 0.4) is 0 Å². The van der Waals surface area contributed by atoms with Crippen molar-refractivity contribution in [2.24, 2.45) is 0 Å². The number of pyridine rings is 1. The number of nitrogens with two attached hydrogens (primary N) is 1. The van der Waals surface area contributed by atoms with Crippen LogP contribution in [0, 0.1) is 0 Å². The number of nitrogens with one attached hydrogen (secondary N) is 1. The second kappa shape index (κ2) is 9.62. The van der Waals surface area contributed by atoms with E-state index in [2.05, 4.69) is 15.3 Å². The Morgan fingerprint density at radius 3 is 2.57 bits per heavy atom. The minimum Gasteiger partial charge on any atom is -0.437 e. The fraction of sp³-hybridized carbons (Fsp3) is 0.154. The molecular formula is C26H20ClF2N5O3. The van der Waals surface area contributed by atoms with Crippen LogP contribution in [-0.2, 0) is 11.3 Å². The Morgan fingerprint density at radius 1 is 1.14 bits per heavy atom. The van der Waals surface area contributed by atoms with Gasteiger partial charge in [-0.15, -0.1) is 0 Å². The topological polar surface area (TPSA) is 114 Å². The minimum absolute atomic E-state index is 0.0514. The van der Waals surface area contributed by atoms with Crippen LogP contribution in [-0.4, -0.2) is 45.7 Å². The second-order valence-electron chi connectivity index (χ2n) is 8.58. The summed E-state index contributed by atoms with van der Waals surface area (Å²) in [7, 11) is 0. The smallest absolute Gasteiger partial charge is 0.282 e. The number of likely N-dealkylation sites (tertiary alicyclic amines) is 1. The number of oxazole rings is 1. The molecule has 0 bridgehead atoms. The van der Waals surface area contributed by atoms with Crippen molar-refractivity contribution in [3.8, 4) is 11.1 Å². The molecule has 2 amide bonds. The number of benzene rings is 2. The number of hydrogen-bond acceptors (Lipinski definition) is 6. The molecule has 2 aromatic carbocycles. The lowest BCUT2D eigenvalue weighted by Gasteiger charge is -2.38. The van der Waals surface area contributed by atoms with Crippen molar-refractivity contribution in [2.75, 3.05) is 18.8 Å². The third-order valence-corrected chi connectivity index (χ3v) is 6.02. The Bertz CT molecular complexity index is 1510. The van der Waals surface area contributed by atoms with Crippen LogP contribution in [0.4, 0.5) is 14.6 Å². The number of carbonyl (C=O) groups is 2. The average Bonchev–Trinajstić information content (AvgIpc) is 3.29. The maximum atomic E-state index is 13.1. The zero-order valence-electron chi connectivity index (χ0n) is 19.2. The molecule has 1 aliphatic heterocycles. The summed E-state index contributed by atoms with van der Waals surface area (Å²) in [4.78, 5) is 34.0. The molecule has 0 spiro atoms. The minimum atomic E-state index is -2.81. The fourth-order valence-electron chi connectivity index (χ4n) is 3.83. The molecule has 2 aromatic heterocycles. The molecule has 0 saturated carbocycles. The van der Waals surface area contributed by atoms with E-state index in [1.807, 2.05) is 0 Å². The number of halogens is 3. The third-order valence-electron chi connectivity index (χ3n) is 5.74. The summed E-state index contributed by atoms with van der Waals surface area (Å²) in [6, 6.07) is 13.5. The lowest BCUT2D eigenvalue weighted by Crippen LogP contribution is -2.58. The van der Waals surface area contributed by atoms with Gasteiger partial charge in [-0.2, -0.15) is 0 Å². The lowest BCUT2D eigenvalue weighted by atomic mass is 10.0. The molecule has 0 radical (unpaired) electrons. The van der Waals surface area contributed by atoms with E-state index in [4.69, 9.17) is 21.8 Å². The van der Waals surface area contributed by atoms with Gasteiger partial charge < -0.3 is 20.4 Å². The van der Waals surface area contributed by atoms with Crippen molar-refractivity contribution >= 4 is 46.4 Å². The molecule has 5 rings (SSSR count). The summed E-state index contributed by atoms with van der Waals surface area (Å²) in [6.45, 7) is -1.08. The van der Waals surface area contributed by atoms with E-state index < -0.39 is 24.9 Å². The monoisotopic (exact) mass is 523 g/mol. The van der Waals surface area contributed by atoms with Crippen LogP contribution < -0.4 is 11.1 Å². The second-order valence-corrected chi connectivity index (χ2v) is 8.98. The highest BCUT2D eigenvalue weighted by atomic mass is 35.5. The molecule has 3 N–H and O–H groups in total. The number of amides is 2. The average molecular weight is 524 g/mol. The zero-order valence-corrected chi connectivity index (χ0v) is 20.0. The molecule has 37 heavy (non-hydrogen) atoms. The first-order chi connectivity index (χ1) is 17.7. The van der Waals surface area contributed by atoms with Gasteiger partial charge >= 0.3 is 0 Å². The predicted octanol–water partition coefficient (Wildman–Crippen LogP) is 4.55. The highest BCUT2D eigenvalue weighted by Gasteiger charge is 2.46. The molecule has 11 heteroatoms. The van der Waals surface area contributed by atoms with Crippen molar-refractivity contribution in [2.45, 2.75) is 12.5 Å². The predicted molar refractivity (Wildman–Crippen MR) is 135 cm³/mol. The van der Waals surface area contributed by atoms with Gasteiger partial charge in [0.2, 0.25) is 11.8 Å². The van der Waals surface area contributed by atoms with Gasteiger partial charge in [0.15, 0.2) is 5.58 Å². The van der Waals surface area contributed by atoms with Crippen LogP contribution in [0.25, 0.3) is 28.3 Å². The first-order valence-electron chi connectivity index (χ1n) is 11.2. The number of carbonyl (C=O) groups excluding carboxylic acids is 2. The maximum absolute atomic E-state index is 13.1. The van der Waals surface area contributed by atoms with Crippen LogP contribution >= 0.6 is 11.6 Å². The molecule has 4 aromatic rings. The van der Waals surface area contributed by atoms with Gasteiger partial charge in [-0.25, -0.2) is 18.7 Å². The van der Waals surface area contributed by atoms with E-state index in [1.165, 1.54) is 6.08 Å². The number of rotatable bonds is 6. The number of hydrogen-bond donors (Lipinski definition) is 2. The summed E-state index contributed by atoms with van der Waals surface area (Å²) in [5, 5.41) is 3.02. The highest BCUT2D eigenvalue weighted by molar-refractivity contribution is 6.35. The van der Waals surface area contributed by atoms with E-state index >= 15 is 0 Å². The molecule has 3 heterocycles. The number of aromatic nitrogens is 2. The molecular weight excluding hydrogens is 504 g/mol. The van der Waals surface area contributed by atoms with Crippen molar-refractivity contribution in [3.05, 3.63) is 82.8 Å². The molecule has 1 aliphatic rings. The quantitative estimate of drug-likeness (QED) is 0.358. The van der Waals surface area contributed by atoms with Crippen LogP contribution in [0.2, 0.25) is 5.02 Å². The molecule has 0 unspecified atom stereocenters. The van der Waals surface area contributed by atoms with Crippen LogP contribution in [0.5, 0.6) is 0 Å². The van der Waals surface area contributed by atoms with Crippen molar-refractivity contribution in [3.63, 3.8) is 0 Å². The van der Waals surface area contributed by atoms with Crippen LogP contribution in [0.1, 0.15) is 21.8 Å². The molecule has 1 fully saturated rings. The Morgan fingerprint density at radius 2 is 1.89 bits per heavy atom. The number of nitrogens with zero attached hydrogens (tertiary/aromatic N) is 3. The number of anilines is 1. The van der Waals surface area contributed by atoms with Crippen LogP contribution in [0.15, 0.2) is 65.2 Å². The summed E-state index contributed by atoms with van der Waals surface area (Å²) in [6.07, 6.45) is 4.52. The SMILES string of the molecule is Nc1ccc(C=CC(=O)NCc2nc3cc(-c4ccc(C(=O)N5CC(F)(F)C5)cc4)cc(Cl)c3o2)cn1. The first-order valence-corrected chi connectivity index (χ1v) is 11.6. The van der Waals surface area contributed by atoms with Crippen molar-refractivity contribution in [1.82, 2.24) is 20.2 Å². The summed E-state index contributed by atoms with van der Waals surface area (Å²) < 4.78 is 31.8. The van der Waals surface area contributed by atoms with E-state index in [9.17, 15) is 18.4 Å². The van der Waals surface area contributed by atoms with Gasteiger partial charge in [0, 0.05) is 17.8 Å². The maximum Gasteiger partial charge on any atom is 0.282 e. The van der Waals surface area contributed by atoms with Gasteiger partial charge in [0.05, 0.1) is 24.7 Å². The van der Waals surface area contributed by atoms with Gasteiger partial charge in [-0.1, -0.05) is 23.7 Å². The van der Waals surface area contributed by atoms with Gasteiger partial charge in [-0.3, -0.25) is 9.59 Å². The van der Waals surface area contributed by atoms with Crippen molar-refractivity contribution in [1.29, 1.82) is 0 Å². The Labute approximate surface area is 214 Å². The van der Waals surface area contributed by atoms with E-state index in [0.29, 0.717) is 27.5 Å². The Kier molecular flexibility index (Phi) is 6.34. The largest absolute Gasteiger partial charge is 0.437 e. The molecule has 0 atom stereocenters. The lowest BCUT2D eigenvalue weighted by molar-refractivity contribution is -0.116. The molecule has 8 nitrogen and oxygen atoms in total. The van der Waals surface area contributed by atoms with Gasteiger partial charge in [0.1, 0.15) is 11.3 Å². The van der Waals surface area contributed by atoms with E-state index in [0.717, 1.165) is 21.6 Å². The first kappa shape index (κ1) is 24.4. The molecule has 0 aliphatic carbocycles. The number of fused-ring (bicyclic) bond motifs is 1. The highest BCUT2D eigenvalue weighted by Crippen LogP contribution is 2.32. The number of alkyl halides is 2.